The highest BCUT2D eigenvalue weighted by molar-refractivity contribution is 6.32. The maximum atomic E-state index is 12.7. The Bertz CT molecular complexity index is 1580. The predicted molar refractivity (Wildman–Crippen MR) is 162 cm³/mol. The molecular formula is C31H33ClN6O3. The van der Waals surface area contributed by atoms with Gasteiger partial charge < -0.3 is 25.0 Å². The zero-order valence-electron chi connectivity index (χ0n) is 23.6. The number of aryl methyl sites for hydroxylation is 1. The minimum atomic E-state index is -0.116. The lowest BCUT2D eigenvalue weighted by atomic mass is 10.1. The van der Waals surface area contributed by atoms with Gasteiger partial charge in [0.05, 0.1) is 39.8 Å². The lowest BCUT2D eigenvalue weighted by Gasteiger charge is -2.17. The summed E-state index contributed by atoms with van der Waals surface area (Å²) in [7, 11) is 3.94. The van der Waals surface area contributed by atoms with Gasteiger partial charge in [0.2, 0.25) is 5.91 Å². The number of rotatable bonds is 12. The molecule has 0 saturated heterocycles. The Balaban J connectivity index is 1.61. The molecule has 41 heavy (non-hydrogen) atoms. The van der Waals surface area contributed by atoms with Crippen LogP contribution in [0, 0.1) is 18.3 Å². The van der Waals surface area contributed by atoms with Crippen molar-refractivity contribution in [2.24, 2.45) is 0 Å². The van der Waals surface area contributed by atoms with Gasteiger partial charge in [0.15, 0.2) is 0 Å². The van der Waals surface area contributed by atoms with Crippen LogP contribution in [0.15, 0.2) is 54.7 Å². The van der Waals surface area contributed by atoms with Crippen LogP contribution < -0.4 is 20.1 Å². The third-order valence-electron chi connectivity index (χ3n) is 6.20. The maximum absolute atomic E-state index is 12.7. The Morgan fingerprint density at radius 1 is 1.12 bits per heavy atom. The molecule has 0 bridgehead atoms. The van der Waals surface area contributed by atoms with Crippen molar-refractivity contribution >= 4 is 45.5 Å². The van der Waals surface area contributed by atoms with Crippen molar-refractivity contribution in [3.63, 3.8) is 0 Å². The number of halogens is 1. The summed E-state index contributed by atoms with van der Waals surface area (Å²) in [4.78, 5) is 23.7. The van der Waals surface area contributed by atoms with E-state index in [9.17, 15) is 10.1 Å². The topological polar surface area (TPSA) is 112 Å². The second kappa shape index (κ2) is 13.8. The highest BCUT2D eigenvalue weighted by Gasteiger charge is 2.16. The van der Waals surface area contributed by atoms with Crippen LogP contribution in [0.3, 0.4) is 0 Å². The molecule has 0 aliphatic carbocycles. The Morgan fingerprint density at radius 3 is 2.66 bits per heavy atom. The number of aromatic nitrogens is 2. The smallest absolute Gasteiger partial charge is 0.224 e. The van der Waals surface area contributed by atoms with Crippen LogP contribution in [0.1, 0.15) is 36.7 Å². The van der Waals surface area contributed by atoms with Crippen LogP contribution in [0.2, 0.25) is 5.02 Å². The van der Waals surface area contributed by atoms with Crippen molar-refractivity contribution in [1.29, 1.82) is 5.26 Å². The van der Waals surface area contributed by atoms with Gasteiger partial charge in [-0.25, -0.2) is 0 Å². The van der Waals surface area contributed by atoms with Crippen LogP contribution in [0.25, 0.3) is 10.9 Å². The fourth-order valence-electron chi connectivity index (χ4n) is 4.25. The first-order valence-electron chi connectivity index (χ1n) is 13.3. The van der Waals surface area contributed by atoms with Crippen LogP contribution in [0.4, 0.5) is 17.1 Å². The molecule has 0 fully saturated rings. The van der Waals surface area contributed by atoms with Crippen LogP contribution >= 0.6 is 11.6 Å². The standard InChI is InChI=1S/C31H33ClN6O3/c1-5-40-29-16-26-24(15-27(29)37-30(39)10-7-13-38(3)4)31(21(17-33)18-34-26)36-22-11-12-28(25(32)14-22)41-19-23-9-6-8-20(2)35-23/h6,8-9,11-12,14-16,18H,5,7,10,13,19H2,1-4H3,(H,34,36)(H,37,39). The molecule has 0 spiro atoms. The van der Waals surface area contributed by atoms with E-state index < -0.39 is 0 Å². The molecule has 1 amide bonds. The molecule has 2 N–H and O–H groups in total. The Morgan fingerprint density at radius 2 is 1.95 bits per heavy atom. The van der Waals surface area contributed by atoms with Gasteiger partial charge in [0, 0.05) is 35.5 Å². The molecule has 4 rings (SSSR count). The molecule has 0 aliphatic rings. The van der Waals surface area contributed by atoms with E-state index in [1.807, 2.05) is 57.1 Å². The van der Waals surface area contributed by atoms with Crippen molar-refractivity contribution in [3.05, 3.63) is 76.7 Å². The number of hydrogen-bond acceptors (Lipinski definition) is 8. The van der Waals surface area contributed by atoms with E-state index in [1.165, 1.54) is 6.20 Å². The predicted octanol–water partition coefficient (Wildman–Crippen LogP) is 6.46. The summed E-state index contributed by atoms with van der Waals surface area (Å²) in [6.07, 6.45) is 2.61. The van der Waals surface area contributed by atoms with E-state index in [-0.39, 0.29) is 12.5 Å². The van der Waals surface area contributed by atoms with E-state index in [0.29, 0.717) is 63.1 Å². The number of hydrogen-bond donors (Lipinski definition) is 2. The summed E-state index contributed by atoms with van der Waals surface area (Å²) in [5.41, 5.74) is 4.37. The average molecular weight is 573 g/mol. The summed E-state index contributed by atoms with van der Waals surface area (Å²) >= 11 is 6.55. The fraction of sp³-hybridized carbons (Fsp3) is 0.290. The lowest BCUT2D eigenvalue weighted by Crippen LogP contribution is -2.17. The normalized spacial score (nSPS) is 10.9. The molecule has 2 aromatic carbocycles. The van der Waals surface area contributed by atoms with E-state index in [2.05, 4.69) is 26.7 Å². The monoisotopic (exact) mass is 572 g/mol. The fourth-order valence-corrected chi connectivity index (χ4v) is 4.49. The number of carbonyl (C=O) groups excluding carboxylic acids is 1. The minimum Gasteiger partial charge on any atom is -0.492 e. The van der Waals surface area contributed by atoms with Crippen LogP contribution in [0.5, 0.6) is 11.5 Å². The van der Waals surface area contributed by atoms with Gasteiger partial charge in [0.25, 0.3) is 0 Å². The number of nitriles is 1. The number of nitrogens with one attached hydrogen (secondary N) is 2. The number of fused-ring (bicyclic) bond motifs is 1. The van der Waals surface area contributed by atoms with Crippen molar-refractivity contribution in [3.8, 4) is 17.6 Å². The molecule has 9 nitrogen and oxygen atoms in total. The molecule has 0 atom stereocenters. The maximum Gasteiger partial charge on any atom is 0.224 e. The van der Waals surface area contributed by atoms with Gasteiger partial charge >= 0.3 is 0 Å². The van der Waals surface area contributed by atoms with Crippen molar-refractivity contribution in [2.45, 2.75) is 33.3 Å². The third kappa shape index (κ3) is 7.84. The number of nitrogens with zero attached hydrogens (tertiary/aromatic N) is 4. The number of ether oxygens (including phenoxy) is 2. The Kier molecular flexibility index (Phi) is 9.95. The quantitative estimate of drug-likeness (QED) is 0.199. The Labute approximate surface area is 245 Å². The van der Waals surface area contributed by atoms with Gasteiger partial charge in [-0.05, 0) is 77.3 Å². The minimum absolute atomic E-state index is 0.116. The van der Waals surface area contributed by atoms with Crippen molar-refractivity contribution < 1.29 is 14.3 Å². The van der Waals surface area contributed by atoms with Crippen molar-refractivity contribution in [2.75, 3.05) is 37.9 Å². The molecule has 4 aromatic rings. The highest BCUT2D eigenvalue weighted by atomic mass is 35.5. The molecule has 2 heterocycles. The number of carbonyl (C=O) groups is 1. The number of amides is 1. The Hall–Kier alpha value is -4.39. The second-order valence-corrected chi connectivity index (χ2v) is 10.1. The van der Waals surface area contributed by atoms with Gasteiger partial charge in [-0.2, -0.15) is 5.26 Å². The highest BCUT2D eigenvalue weighted by Crippen LogP contribution is 2.37. The zero-order chi connectivity index (χ0) is 29.4. The second-order valence-electron chi connectivity index (χ2n) is 9.74. The summed E-state index contributed by atoms with van der Waals surface area (Å²) in [5, 5.41) is 17.2. The zero-order valence-corrected chi connectivity index (χ0v) is 24.4. The lowest BCUT2D eigenvalue weighted by molar-refractivity contribution is -0.116. The summed E-state index contributed by atoms with van der Waals surface area (Å²) in [6.45, 7) is 5.32. The first kappa shape index (κ1) is 29.6. The largest absolute Gasteiger partial charge is 0.492 e. The van der Waals surface area contributed by atoms with E-state index >= 15 is 0 Å². The van der Waals surface area contributed by atoms with Gasteiger partial charge in [0.1, 0.15) is 24.2 Å². The molecule has 0 aliphatic heterocycles. The molecular weight excluding hydrogens is 540 g/mol. The molecule has 0 radical (unpaired) electrons. The molecule has 0 saturated carbocycles. The number of pyridine rings is 2. The average Bonchev–Trinajstić information content (AvgIpc) is 2.93. The first-order valence-corrected chi connectivity index (χ1v) is 13.7. The van der Waals surface area contributed by atoms with Gasteiger partial charge in [-0.3, -0.25) is 14.8 Å². The molecule has 10 heteroatoms. The molecule has 212 valence electrons. The molecule has 0 unspecified atom stereocenters. The van der Waals surface area contributed by atoms with Crippen LogP contribution in [-0.2, 0) is 11.4 Å². The van der Waals surface area contributed by atoms with E-state index in [4.69, 9.17) is 21.1 Å². The van der Waals surface area contributed by atoms with Crippen molar-refractivity contribution in [1.82, 2.24) is 14.9 Å². The number of anilines is 3. The van der Waals surface area contributed by atoms with E-state index in [1.54, 1.807) is 24.3 Å². The summed E-state index contributed by atoms with van der Waals surface area (Å²) in [6, 6.07) is 16.8. The first-order chi connectivity index (χ1) is 19.8. The SMILES string of the molecule is CCOc1cc2ncc(C#N)c(Nc3ccc(OCc4cccc(C)n4)c(Cl)c3)c2cc1NC(=O)CCCN(C)C. The molecule has 2 aromatic heterocycles. The summed E-state index contributed by atoms with van der Waals surface area (Å²) < 4.78 is 11.7. The van der Waals surface area contributed by atoms with Gasteiger partial charge in [-0.1, -0.05) is 17.7 Å². The number of benzene rings is 2. The summed E-state index contributed by atoms with van der Waals surface area (Å²) in [5.74, 6) is 0.910. The van der Waals surface area contributed by atoms with Crippen LogP contribution in [-0.4, -0.2) is 48.0 Å². The third-order valence-corrected chi connectivity index (χ3v) is 6.49. The van der Waals surface area contributed by atoms with E-state index in [0.717, 1.165) is 24.4 Å². The van der Waals surface area contributed by atoms with Gasteiger partial charge in [-0.15, -0.1) is 0 Å².